The van der Waals surface area contributed by atoms with Crippen molar-refractivity contribution >= 4 is 19.8 Å². The number of hydrogen-bond donors (Lipinski definition) is 1. The molecular formula is C44H87O8P. The van der Waals surface area contributed by atoms with Crippen LogP contribution in [0.15, 0.2) is 0 Å². The summed E-state index contributed by atoms with van der Waals surface area (Å²) in [5, 5.41) is 0. The molecule has 1 N–H and O–H groups in total. The van der Waals surface area contributed by atoms with Crippen molar-refractivity contribution in [1.29, 1.82) is 0 Å². The van der Waals surface area contributed by atoms with Gasteiger partial charge in [0.05, 0.1) is 6.61 Å². The molecule has 2 unspecified atom stereocenters. The topological polar surface area (TPSA) is 108 Å². The van der Waals surface area contributed by atoms with Crippen molar-refractivity contribution in [1.82, 2.24) is 0 Å². The molecule has 0 aliphatic heterocycles. The molecule has 0 bridgehead atoms. The molecule has 2 atom stereocenters. The fourth-order valence-corrected chi connectivity index (χ4v) is 7.30. The molecule has 0 aromatic carbocycles. The Balaban J connectivity index is 3.91. The maximum absolute atomic E-state index is 12.5. The molecule has 9 heteroatoms. The van der Waals surface area contributed by atoms with Crippen molar-refractivity contribution in [3.8, 4) is 0 Å². The minimum atomic E-state index is -4.25. The Morgan fingerprint density at radius 2 is 0.736 bits per heavy atom. The Hall–Kier alpha value is -0.950. The van der Waals surface area contributed by atoms with Gasteiger partial charge in [-0.2, -0.15) is 0 Å². The van der Waals surface area contributed by atoms with Gasteiger partial charge >= 0.3 is 19.8 Å². The molecule has 0 aliphatic carbocycles. The van der Waals surface area contributed by atoms with Crippen LogP contribution in [0.5, 0.6) is 0 Å². The van der Waals surface area contributed by atoms with E-state index in [1.54, 1.807) is 0 Å². The second-order valence-corrected chi connectivity index (χ2v) is 17.1. The highest BCUT2D eigenvalue weighted by molar-refractivity contribution is 7.47. The van der Waals surface area contributed by atoms with Crippen LogP contribution in [0.3, 0.4) is 0 Å². The van der Waals surface area contributed by atoms with Gasteiger partial charge in [0.1, 0.15) is 6.61 Å². The zero-order valence-corrected chi connectivity index (χ0v) is 36.1. The van der Waals surface area contributed by atoms with E-state index >= 15 is 0 Å². The molecule has 316 valence electrons. The van der Waals surface area contributed by atoms with Gasteiger partial charge in [-0.1, -0.05) is 219 Å². The standard InChI is InChI=1S/C44H87O8P/c1-4-6-8-10-12-14-16-18-20-22-23-25-27-29-31-33-35-37-39-44(46)52-42(41-51-53(47,48)49-3)40-50-43(45)38-36-34-32-30-28-26-24-21-19-17-15-13-11-9-7-5-2/h42H,4-41H2,1-3H3,(H,47,48). The Bertz CT molecular complexity index is 838. The number of carbonyl (C=O) groups is 2. The maximum atomic E-state index is 12.5. The van der Waals surface area contributed by atoms with Crippen molar-refractivity contribution in [2.75, 3.05) is 20.3 Å². The normalized spacial score (nSPS) is 13.2. The molecule has 0 amide bonds. The van der Waals surface area contributed by atoms with E-state index in [4.69, 9.17) is 14.0 Å². The van der Waals surface area contributed by atoms with Crippen LogP contribution in [0.2, 0.25) is 0 Å². The van der Waals surface area contributed by atoms with E-state index in [2.05, 4.69) is 18.4 Å². The number of phosphoric acid groups is 1. The maximum Gasteiger partial charge on any atom is 0.472 e. The first-order valence-corrected chi connectivity index (χ1v) is 24.2. The number of phosphoric ester groups is 1. The Morgan fingerprint density at radius 1 is 0.453 bits per heavy atom. The third kappa shape index (κ3) is 40.5. The van der Waals surface area contributed by atoms with E-state index in [0.717, 1.165) is 45.6 Å². The second-order valence-electron chi connectivity index (χ2n) is 15.6. The van der Waals surface area contributed by atoms with Crippen molar-refractivity contribution in [2.45, 2.75) is 251 Å². The van der Waals surface area contributed by atoms with Crippen molar-refractivity contribution < 1.29 is 37.6 Å². The summed E-state index contributed by atoms with van der Waals surface area (Å²) in [5.41, 5.74) is 0. The predicted octanol–water partition coefficient (Wildman–Crippen LogP) is 14.3. The van der Waals surface area contributed by atoms with Crippen LogP contribution in [0.1, 0.15) is 245 Å². The van der Waals surface area contributed by atoms with Crippen LogP contribution in [0, 0.1) is 0 Å². The van der Waals surface area contributed by atoms with Crippen molar-refractivity contribution in [3.63, 3.8) is 0 Å². The largest absolute Gasteiger partial charge is 0.472 e. The summed E-state index contributed by atoms with van der Waals surface area (Å²) in [4.78, 5) is 34.5. The molecule has 0 spiro atoms. The molecule has 0 rings (SSSR count). The van der Waals surface area contributed by atoms with Crippen molar-refractivity contribution in [3.05, 3.63) is 0 Å². The number of rotatable bonds is 43. The summed E-state index contributed by atoms with van der Waals surface area (Å²) in [6, 6.07) is 0. The highest BCUT2D eigenvalue weighted by Crippen LogP contribution is 2.42. The first-order valence-electron chi connectivity index (χ1n) is 22.7. The average Bonchev–Trinajstić information content (AvgIpc) is 3.15. The van der Waals surface area contributed by atoms with E-state index in [1.807, 2.05) is 0 Å². The molecule has 8 nitrogen and oxygen atoms in total. The number of unbranched alkanes of at least 4 members (excludes halogenated alkanes) is 32. The molecule has 0 heterocycles. The highest BCUT2D eigenvalue weighted by Gasteiger charge is 2.24. The van der Waals surface area contributed by atoms with Crippen LogP contribution in [0.4, 0.5) is 0 Å². The average molecular weight is 775 g/mol. The summed E-state index contributed by atoms with van der Waals surface area (Å²) < 4.78 is 32.0. The molecule has 0 fully saturated rings. The first-order chi connectivity index (χ1) is 25.8. The molecule has 0 saturated heterocycles. The lowest BCUT2D eigenvalue weighted by Crippen LogP contribution is -2.29. The molecule has 0 aliphatic rings. The van der Waals surface area contributed by atoms with Crippen molar-refractivity contribution in [2.24, 2.45) is 0 Å². The third-order valence-corrected chi connectivity index (χ3v) is 11.3. The Morgan fingerprint density at radius 3 is 1.04 bits per heavy atom. The lowest BCUT2D eigenvalue weighted by atomic mass is 10.0. The second kappa shape index (κ2) is 40.7. The van der Waals surface area contributed by atoms with E-state index in [1.165, 1.54) is 180 Å². The number of ether oxygens (including phenoxy) is 2. The molecule has 0 aromatic heterocycles. The van der Waals surface area contributed by atoms with Gasteiger partial charge in [-0.25, -0.2) is 4.57 Å². The molecule has 53 heavy (non-hydrogen) atoms. The molecule has 0 saturated carbocycles. The summed E-state index contributed by atoms with van der Waals surface area (Å²) in [7, 11) is -3.19. The van der Waals surface area contributed by atoms with Crippen LogP contribution in [-0.2, 0) is 32.7 Å². The lowest BCUT2D eigenvalue weighted by molar-refractivity contribution is -0.161. The zero-order valence-electron chi connectivity index (χ0n) is 35.2. The smallest absolute Gasteiger partial charge is 0.462 e. The van der Waals surface area contributed by atoms with Crippen LogP contribution in [0.25, 0.3) is 0 Å². The zero-order chi connectivity index (χ0) is 38.9. The quantitative estimate of drug-likeness (QED) is 0.0370. The summed E-state index contributed by atoms with van der Waals surface area (Å²) in [6.07, 6.45) is 43.0. The van der Waals surface area contributed by atoms with Gasteiger partial charge in [0.15, 0.2) is 6.10 Å². The number of esters is 2. The first kappa shape index (κ1) is 52.0. The highest BCUT2D eigenvalue weighted by atomic mass is 31.2. The van der Waals surface area contributed by atoms with E-state index in [9.17, 15) is 19.0 Å². The Labute approximate surface area is 328 Å². The lowest BCUT2D eigenvalue weighted by Gasteiger charge is -2.19. The third-order valence-electron chi connectivity index (χ3n) is 10.4. The van der Waals surface area contributed by atoms with Gasteiger partial charge < -0.3 is 14.4 Å². The number of hydrogen-bond acceptors (Lipinski definition) is 7. The molecule has 0 aromatic rings. The summed E-state index contributed by atoms with van der Waals surface area (Å²) >= 11 is 0. The van der Waals surface area contributed by atoms with Crippen LogP contribution >= 0.6 is 7.82 Å². The van der Waals surface area contributed by atoms with Gasteiger partial charge in [0, 0.05) is 20.0 Å². The SMILES string of the molecule is CCCCCCCCCCCCCCCCCCCCC(=O)OC(COC(=O)CCCCCCCCCCCCCCCCCC)COP(=O)(O)OC. The van der Waals surface area contributed by atoms with Crippen LogP contribution < -0.4 is 0 Å². The van der Waals surface area contributed by atoms with E-state index in [-0.39, 0.29) is 19.0 Å². The van der Waals surface area contributed by atoms with Gasteiger partial charge in [0.2, 0.25) is 0 Å². The number of carbonyl (C=O) groups excluding carboxylic acids is 2. The molecular weight excluding hydrogens is 687 g/mol. The van der Waals surface area contributed by atoms with Gasteiger partial charge in [-0.3, -0.25) is 18.6 Å². The fraction of sp³-hybridized carbons (Fsp3) is 0.955. The van der Waals surface area contributed by atoms with Gasteiger partial charge in [-0.15, -0.1) is 0 Å². The molecule has 0 radical (unpaired) electrons. The monoisotopic (exact) mass is 775 g/mol. The minimum absolute atomic E-state index is 0.216. The van der Waals surface area contributed by atoms with Gasteiger partial charge in [0.25, 0.3) is 0 Å². The van der Waals surface area contributed by atoms with E-state index < -0.39 is 26.5 Å². The predicted molar refractivity (Wildman–Crippen MR) is 221 cm³/mol. The summed E-state index contributed by atoms with van der Waals surface area (Å²) in [5.74, 6) is -0.784. The Kier molecular flexibility index (Phi) is 40.0. The summed E-state index contributed by atoms with van der Waals surface area (Å²) in [6.45, 7) is 3.93. The van der Waals surface area contributed by atoms with Crippen LogP contribution in [-0.4, -0.2) is 43.3 Å². The fourth-order valence-electron chi connectivity index (χ4n) is 6.84. The van der Waals surface area contributed by atoms with E-state index in [0.29, 0.717) is 6.42 Å². The minimum Gasteiger partial charge on any atom is -0.462 e. The van der Waals surface area contributed by atoms with Gasteiger partial charge in [-0.05, 0) is 12.8 Å².